The van der Waals surface area contributed by atoms with Gasteiger partial charge in [0, 0.05) is 4.90 Å². The van der Waals surface area contributed by atoms with E-state index in [-0.39, 0.29) is 5.41 Å². The van der Waals surface area contributed by atoms with Crippen molar-refractivity contribution in [2.24, 2.45) is 0 Å². The van der Waals surface area contributed by atoms with Gasteiger partial charge in [0.05, 0.1) is 12.0 Å². The fourth-order valence-electron chi connectivity index (χ4n) is 1.56. The summed E-state index contributed by atoms with van der Waals surface area (Å²) < 4.78 is 4.48. The molecule has 4 heteroatoms. The first kappa shape index (κ1) is 13.5. The van der Waals surface area contributed by atoms with Gasteiger partial charge in [-0.2, -0.15) is 0 Å². The topological polar surface area (TPSA) is 38.7 Å². The fraction of sp³-hybridized carbons (Fsp3) is 0.500. The van der Waals surface area contributed by atoms with E-state index in [1.165, 1.54) is 5.56 Å². The zero-order chi connectivity index (χ0) is 12.3. The van der Waals surface area contributed by atoms with Crippen molar-refractivity contribution in [3.8, 4) is 0 Å². The monoisotopic (exact) mass is 242 g/mol. The summed E-state index contributed by atoms with van der Waals surface area (Å²) in [4.78, 5) is 0.974. The minimum Gasteiger partial charge on any atom is -0.220 e. The van der Waals surface area contributed by atoms with Crippen LogP contribution < -0.4 is 0 Å². The molecule has 0 aliphatic heterocycles. The van der Waals surface area contributed by atoms with Crippen molar-refractivity contribution < 1.29 is 14.6 Å². The van der Waals surface area contributed by atoms with Gasteiger partial charge < -0.3 is 0 Å². The molecular weight excluding hydrogens is 224 g/mol. The number of rotatable bonds is 3. The summed E-state index contributed by atoms with van der Waals surface area (Å²) in [5.41, 5.74) is 3.66. The molecule has 1 aromatic rings. The van der Waals surface area contributed by atoms with Gasteiger partial charge in [-0.3, -0.25) is 0 Å². The Kier molecular flexibility index (Phi) is 4.38. The number of aryl methyl sites for hydroxylation is 2. The second-order valence-electron chi connectivity index (χ2n) is 4.92. The molecule has 1 rings (SSSR count). The molecular formula is C12H18O3S. The first-order chi connectivity index (χ1) is 7.36. The average Bonchev–Trinajstić information content (AvgIpc) is 2.15. The second-order valence-corrected chi connectivity index (χ2v) is 5.63. The molecule has 0 saturated carbocycles. The Morgan fingerprint density at radius 3 is 2.00 bits per heavy atom. The third kappa shape index (κ3) is 3.22. The van der Waals surface area contributed by atoms with Crippen LogP contribution in [0.5, 0.6) is 0 Å². The summed E-state index contributed by atoms with van der Waals surface area (Å²) in [6.45, 7) is 10.6. The van der Waals surface area contributed by atoms with Gasteiger partial charge in [0.2, 0.25) is 0 Å². The van der Waals surface area contributed by atoms with E-state index in [2.05, 4.69) is 42.3 Å². The molecule has 0 spiro atoms. The first-order valence-electron chi connectivity index (χ1n) is 5.12. The van der Waals surface area contributed by atoms with E-state index in [0.717, 1.165) is 28.1 Å². The zero-order valence-electron chi connectivity index (χ0n) is 10.3. The molecule has 0 heterocycles. The molecule has 0 unspecified atom stereocenters. The highest BCUT2D eigenvalue weighted by molar-refractivity contribution is 7.94. The third-order valence-electron chi connectivity index (χ3n) is 2.47. The van der Waals surface area contributed by atoms with Gasteiger partial charge in [-0.1, -0.05) is 37.9 Å². The van der Waals surface area contributed by atoms with Crippen LogP contribution in [0.2, 0.25) is 0 Å². The summed E-state index contributed by atoms with van der Waals surface area (Å²) in [6, 6.07) is 4.27. The van der Waals surface area contributed by atoms with Gasteiger partial charge in [-0.25, -0.2) is 5.26 Å². The van der Waals surface area contributed by atoms with Crippen LogP contribution in [0.15, 0.2) is 17.0 Å². The van der Waals surface area contributed by atoms with Gasteiger partial charge in [-0.15, -0.1) is 4.33 Å². The maximum Gasteiger partial charge on any atom is 0.0720 e. The number of benzene rings is 1. The highest BCUT2D eigenvalue weighted by Crippen LogP contribution is 2.32. The minimum atomic E-state index is 0.132. The Balaban J connectivity index is 3.08. The molecule has 0 bridgehead atoms. The predicted molar refractivity (Wildman–Crippen MR) is 65.3 cm³/mol. The summed E-state index contributed by atoms with van der Waals surface area (Å²) in [5.74, 6) is 0. The van der Waals surface area contributed by atoms with Crippen LogP contribution in [0, 0.1) is 13.8 Å². The summed E-state index contributed by atoms with van der Waals surface area (Å²) in [5, 5.41) is 11.8. The molecule has 90 valence electrons. The highest BCUT2D eigenvalue weighted by Gasteiger charge is 2.16. The molecule has 0 aliphatic rings. The van der Waals surface area contributed by atoms with Crippen LogP contribution in [-0.2, 0) is 14.8 Å². The largest absolute Gasteiger partial charge is 0.220 e. The molecule has 0 aromatic heterocycles. The highest BCUT2D eigenvalue weighted by atomic mass is 32.2. The molecule has 0 radical (unpaired) electrons. The van der Waals surface area contributed by atoms with Crippen LogP contribution >= 0.6 is 12.0 Å². The Bertz CT molecular complexity index is 346. The predicted octanol–water partition coefficient (Wildman–Crippen LogP) is 4.03. The van der Waals surface area contributed by atoms with Crippen LogP contribution in [0.25, 0.3) is 0 Å². The molecule has 1 aromatic carbocycles. The maximum absolute atomic E-state index is 8.15. The molecule has 0 fully saturated rings. The van der Waals surface area contributed by atoms with Gasteiger partial charge >= 0.3 is 0 Å². The quantitative estimate of drug-likeness (QED) is 0.493. The number of hydrogen-bond acceptors (Lipinski definition) is 4. The lowest BCUT2D eigenvalue weighted by Gasteiger charge is -2.21. The Hall–Kier alpha value is -0.550. The molecule has 16 heavy (non-hydrogen) atoms. The minimum absolute atomic E-state index is 0.132. The van der Waals surface area contributed by atoms with Crippen molar-refractivity contribution in [2.75, 3.05) is 0 Å². The fourth-order valence-corrected chi connectivity index (χ4v) is 2.04. The van der Waals surface area contributed by atoms with Crippen molar-refractivity contribution in [1.29, 1.82) is 0 Å². The second kappa shape index (κ2) is 5.19. The molecule has 3 nitrogen and oxygen atoms in total. The van der Waals surface area contributed by atoms with Crippen LogP contribution in [0.3, 0.4) is 0 Å². The Labute approximate surface area is 101 Å². The smallest absolute Gasteiger partial charge is 0.0720 e. The van der Waals surface area contributed by atoms with Crippen LogP contribution in [0.1, 0.15) is 37.5 Å². The number of hydrogen-bond donors (Lipinski definition) is 1. The van der Waals surface area contributed by atoms with Crippen molar-refractivity contribution >= 4 is 12.0 Å². The lowest BCUT2D eigenvalue weighted by Crippen LogP contribution is -2.12. The van der Waals surface area contributed by atoms with E-state index in [4.69, 9.17) is 5.26 Å². The average molecular weight is 242 g/mol. The Morgan fingerprint density at radius 2 is 1.62 bits per heavy atom. The molecule has 0 amide bonds. The van der Waals surface area contributed by atoms with E-state index in [1.54, 1.807) is 0 Å². The van der Waals surface area contributed by atoms with Gasteiger partial charge in [-0.05, 0) is 36.0 Å². The SMILES string of the molecule is Cc1cc(C(C)(C)C)cc(C)c1SOOO. The van der Waals surface area contributed by atoms with Crippen LogP contribution in [0.4, 0.5) is 0 Å². The molecule has 0 aliphatic carbocycles. The summed E-state index contributed by atoms with van der Waals surface area (Å²) in [6.07, 6.45) is 0. The standard InChI is InChI=1S/C12H18O3S/c1-8-6-10(12(3,4)5)7-9(2)11(8)16-15-14-13/h6-7,13H,1-5H3. The Morgan fingerprint density at radius 1 is 1.12 bits per heavy atom. The zero-order valence-corrected chi connectivity index (χ0v) is 11.1. The summed E-state index contributed by atoms with van der Waals surface area (Å²) in [7, 11) is 0. The maximum atomic E-state index is 8.15. The van der Waals surface area contributed by atoms with Gasteiger partial charge in [0.1, 0.15) is 0 Å². The van der Waals surface area contributed by atoms with E-state index in [9.17, 15) is 0 Å². The van der Waals surface area contributed by atoms with Crippen molar-refractivity contribution in [1.82, 2.24) is 0 Å². The van der Waals surface area contributed by atoms with Crippen molar-refractivity contribution in [3.63, 3.8) is 0 Å². The van der Waals surface area contributed by atoms with Gasteiger partial charge in [0.15, 0.2) is 0 Å². The normalized spacial score (nSPS) is 11.9. The van der Waals surface area contributed by atoms with Gasteiger partial charge in [0.25, 0.3) is 0 Å². The van der Waals surface area contributed by atoms with E-state index >= 15 is 0 Å². The molecule has 0 atom stereocenters. The lowest BCUT2D eigenvalue weighted by molar-refractivity contribution is -0.432. The first-order valence-corrected chi connectivity index (χ1v) is 5.87. The summed E-state index contributed by atoms with van der Waals surface area (Å²) >= 11 is 1.02. The lowest BCUT2D eigenvalue weighted by atomic mass is 9.85. The molecule has 0 saturated heterocycles. The third-order valence-corrected chi connectivity index (χ3v) is 3.41. The van der Waals surface area contributed by atoms with E-state index < -0.39 is 0 Å². The van der Waals surface area contributed by atoms with Crippen molar-refractivity contribution in [3.05, 3.63) is 28.8 Å². The van der Waals surface area contributed by atoms with Crippen LogP contribution in [-0.4, -0.2) is 5.26 Å². The molecule has 1 N–H and O–H groups in total. The van der Waals surface area contributed by atoms with E-state index in [0.29, 0.717) is 0 Å². The van der Waals surface area contributed by atoms with E-state index in [1.807, 2.05) is 13.8 Å². The van der Waals surface area contributed by atoms with Crippen molar-refractivity contribution in [2.45, 2.75) is 44.9 Å².